The van der Waals surface area contributed by atoms with Crippen LogP contribution in [0.1, 0.15) is 20.8 Å². The summed E-state index contributed by atoms with van der Waals surface area (Å²) in [4.78, 5) is 37.7. The second-order valence-corrected chi connectivity index (χ2v) is 8.46. The summed E-state index contributed by atoms with van der Waals surface area (Å²) in [6.07, 6.45) is -0.311. The highest BCUT2D eigenvalue weighted by atomic mass is 35.5. The van der Waals surface area contributed by atoms with Crippen molar-refractivity contribution in [2.75, 3.05) is 31.1 Å². The van der Waals surface area contributed by atoms with E-state index in [1.807, 2.05) is 25.7 Å². The highest BCUT2D eigenvalue weighted by molar-refractivity contribution is 6.33. The molecule has 10 nitrogen and oxygen atoms in total. The highest BCUT2D eigenvalue weighted by Gasteiger charge is 2.27. The molecular formula is C15H17Cl5N8O2. The van der Waals surface area contributed by atoms with Gasteiger partial charge in [0, 0.05) is 26.2 Å². The maximum Gasteiger partial charge on any atom is 0.410 e. The van der Waals surface area contributed by atoms with Crippen LogP contribution in [0.3, 0.4) is 0 Å². The predicted molar refractivity (Wildman–Crippen MR) is 115 cm³/mol. The molecule has 164 valence electrons. The molecule has 0 aliphatic carbocycles. The first-order valence-corrected chi connectivity index (χ1v) is 10.3. The molecule has 0 radical (unpaired) electrons. The Bertz CT molecular complexity index is 819. The summed E-state index contributed by atoms with van der Waals surface area (Å²) in [6, 6.07) is 0. The molecule has 2 aromatic heterocycles. The van der Waals surface area contributed by atoms with E-state index in [-0.39, 0.29) is 32.5 Å². The molecule has 1 fully saturated rings. The van der Waals surface area contributed by atoms with E-state index in [1.165, 1.54) is 0 Å². The fraction of sp³-hybridized carbons (Fsp3) is 0.533. The molecule has 0 bridgehead atoms. The van der Waals surface area contributed by atoms with Gasteiger partial charge in [0.2, 0.25) is 32.4 Å². The molecule has 30 heavy (non-hydrogen) atoms. The molecule has 1 aliphatic rings. The lowest BCUT2D eigenvalue weighted by Crippen LogP contribution is -2.50. The number of carbonyl (C=O) groups is 1. The Morgan fingerprint density at radius 3 is 1.47 bits per heavy atom. The number of aromatic nitrogens is 6. The van der Waals surface area contributed by atoms with Crippen LogP contribution < -0.4 is 4.90 Å². The Morgan fingerprint density at radius 2 is 1.10 bits per heavy atom. The van der Waals surface area contributed by atoms with Crippen LogP contribution in [0.25, 0.3) is 0 Å². The summed E-state index contributed by atoms with van der Waals surface area (Å²) < 4.78 is 5.34. The first kappa shape index (κ1) is 24.8. The molecule has 1 amide bonds. The molecule has 0 spiro atoms. The van der Waals surface area contributed by atoms with Gasteiger partial charge in [0.05, 0.1) is 0 Å². The van der Waals surface area contributed by atoms with Crippen LogP contribution in [0, 0.1) is 0 Å². The first-order chi connectivity index (χ1) is 13.9. The average molecular weight is 519 g/mol. The van der Waals surface area contributed by atoms with Gasteiger partial charge in [-0.2, -0.15) is 29.9 Å². The maximum atomic E-state index is 12.0. The first-order valence-electron chi connectivity index (χ1n) is 8.45. The van der Waals surface area contributed by atoms with E-state index in [9.17, 15) is 4.79 Å². The van der Waals surface area contributed by atoms with Gasteiger partial charge in [-0.1, -0.05) is 0 Å². The highest BCUT2D eigenvalue weighted by Crippen LogP contribution is 2.17. The van der Waals surface area contributed by atoms with Gasteiger partial charge in [-0.3, -0.25) is 0 Å². The summed E-state index contributed by atoms with van der Waals surface area (Å²) in [6.45, 7) is 7.74. The summed E-state index contributed by atoms with van der Waals surface area (Å²) in [5.41, 5.74) is -0.497. The Labute approximate surface area is 197 Å². The normalized spacial score (nSPS) is 14.1. The predicted octanol–water partition coefficient (Wildman–Crippen LogP) is 4.07. The standard InChI is InChI=1S/C12H17Cl2N5O2.C3Cl3N3/c1-12(2,3)21-11(20)19-6-4-18(5-7-19)10-16-8(13)15-9(14)17-10;4-1-7-2(5)9-3(6)8-1/h4-7H2,1-3H3;. The summed E-state index contributed by atoms with van der Waals surface area (Å²) in [7, 11) is 0. The molecule has 15 heteroatoms. The number of hydrogen-bond donors (Lipinski definition) is 0. The van der Waals surface area contributed by atoms with Crippen LogP contribution in [0.5, 0.6) is 0 Å². The quantitative estimate of drug-likeness (QED) is 0.552. The molecule has 1 saturated heterocycles. The minimum atomic E-state index is -0.497. The van der Waals surface area contributed by atoms with Crippen molar-refractivity contribution in [3.63, 3.8) is 0 Å². The molecule has 2 aromatic rings. The van der Waals surface area contributed by atoms with Crippen LogP contribution in [0.4, 0.5) is 10.7 Å². The molecule has 0 saturated carbocycles. The molecule has 3 heterocycles. The van der Waals surface area contributed by atoms with E-state index in [1.54, 1.807) is 4.90 Å². The molecule has 0 aromatic carbocycles. The van der Waals surface area contributed by atoms with Gasteiger partial charge < -0.3 is 14.5 Å². The number of halogens is 5. The monoisotopic (exact) mass is 516 g/mol. The Balaban J connectivity index is 0.000000297. The maximum absolute atomic E-state index is 12.0. The second kappa shape index (κ2) is 10.7. The Hall–Kier alpha value is -1.46. The number of amides is 1. The van der Waals surface area contributed by atoms with E-state index in [4.69, 9.17) is 62.7 Å². The van der Waals surface area contributed by atoms with Crippen molar-refractivity contribution in [3.8, 4) is 0 Å². The number of anilines is 1. The number of piperazine rings is 1. The van der Waals surface area contributed by atoms with Gasteiger partial charge in [-0.05, 0) is 78.8 Å². The fourth-order valence-corrected chi connectivity index (χ4v) is 3.14. The van der Waals surface area contributed by atoms with E-state index < -0.39 is 5.60 Å². The van der Waals surface area contributed by atoms with Gasteiger partial charge in [0.15, 0.2) is 0 Å². The number of carbonyl (C=O) groups excluding carboxylic acids is 1. The Morgan fingerprint density at radius 1 is 0.733 bits per heavy atom. The largest absolute Gasteiger partial charge is 0.444 e. The van der Waals surface area contributed by atoms with Crippen LogP contribution in [-0.2, 0) is 4.74 Å². The van der Waals surface area contributed by atoms with E-state index in [0.29, 0.717) is 32.1 Å². The van der Waals surface area contributed by atoms with Gasteiger partial charge in [-0.25, -0.2) is 4.79 Å². The Kier molecular flexibility index (Phi) is 8.86. The number of ether oxygens (including phenoxy) is 1. The van der Waals surface area contributed by atoms with Crippen LogP contribution in [-0.4, -0.2) is 72.7 Å². The van der Waals surface area contributed by atoms with Gasteiger partial charge in [-0.15, -0.1) is 0 Å². The fourth-order valence-electron chi connectivity index (χ4n) is 2.18. The lowest BCUT2D eigenvalue weighted by atomic mass is 10.2. The number of nitrogens with zero attached hydrogens (tertiary/aromatic N) is 8. The van der Waals surface area contributed by atoms with Crippen molar-refractivity contribution in [1.29, 1.82) is 0 Å². The van der Waals surface area contributed by atoms with Gasteiger partial charge >= 0.3 is 6.09 Å². The lowest BCUT2D eigenvalue weighted by Gasteiger charge is -2.35. The third kappa shape index (κ3) is 8.35. The van der Waals surface area contributed by atoms with E-state index in [0.717, 1.165) is 0 Å². The van der Waals surface area contributed by atoms with Crippen molar-refractivity contribution in [2.45, 2.75) is 26.4 Å². The molecule has 3 rings (SSSR count). The van der Waals surface area contributed by atoms with Gasteiger partial charge in [0.1, 0.15) is 5.60 Å². The summed E-state index contributed by atoms with van der Waals surface area (Å²) >= 11 is 27.5. The van der Waals surface area contributed by atoms with Crippen molar-refractivity contribution < 1.29 is 9.53 Å². The second-order valence-electron chi connectivity index (χ2n) is 6.77. The van der Waals surface area contributed by atoms with E-state index in [2.05, 4.69) is 29.9 Å². The average Bonchev–Trinajstić information content (AvgIpc) is 2.59. The minimum Gasteiger partial charge on any atom is -0.444 e. The molecule has 0 N–H and O–H groups in total. The van der Waals surface area contributed by atoms with Crippen LogP contribution >= 0.6 is 58.0 Å². The van der Waals surface area contributed by atoms with Crippen LogP contribution in [0.15, 0.2) is 0 Å². The SMILES string of the molecule is CC(C)(C)OC(=O)N1CCN(c2nc(Cl)nc(Cl)n2)CC1.Clc1nc(Cl)nc(Cl)n1. The van der Waals surface area contributed by atoms with E-state index >= 15 is 0 Å². The minimum absolute atomic E-state index is 0.000000000000000444. The third-order valence-corrected chi connectivity index (χ3v) is 4.18. The lowest BCUT2D eigenvalue weighted by molar-refractivity contribution is 0.0240. The van der Waals surface area contributed by atoms with Crippen molar-refractivity contribution >= 4 is 70.0 Å². The zero-order valence-corrected chi connectivity index (χ0v) is 19.9. The molecule has 0 atom stereocenters. The van der Waals surface area contributed by atoms with Crippen LogP contribution in [0.2, 0.25) is 26.4 Å². The van der Waals surface area contributed by atoms with Gasteiger partial charge in [0.25, 0.3) is 0 Å². The molecule has 0 unspecified atom stereocenters. The number of hydrogen-bond acceptors (Lipinski definition) is 9. The van der Waals surface area contributed by atoms with Crippen molar-refractivity contribution in [2.24, 2.45) is 0 Å². The van der Waals surface area contributed by atoms with Crippen molar-refractivity contribution in [1.82, 2.24) is 34.8 Å². The summed E-state index contributed by atoms with van der Waals surface area (Å²) in [5.74, 6) is 0.420. The zero-order valence-electron chi connectivity index (χ0n) is 16.1. The summed E-state index contributed by atoms with van der Waals surface area (Å²) in [5, 5.41) is 0.110. The van der Waals surface area contributed by atoms with Crippen molar-refractivity contribution in [3.05, 3.63) is 26.4 Å². The molecule has 1 aliphatic heterocycles. The smallest absolute Gasteiger partial charge is 0.410 e. The third-order valence-electron chi connectivity index (χ3n) is 3.34. The topological polar surface area (TPSA) is 110 Å². The zero-order chi connectivity index (χ0) is 22.5. The molecular weight excluding hydrogens is 501 g/mol. The number of rotatable bonds is 1.